The van der Waals surface area contributed by atoms with E-state index < -0.39 is 0 Å². The highest BCUT2D eigenvalue weighted by molar-refractivity contribution is 7.99. The van der Waals surface area contributed by atoms with Gasteiger partial charge in [-0.25, -0.2) is 4.98 Å². The maximum Gasteiger partial charge on any atom is 0.167 e. The minimum absolute atomic E-state index is 0.654. The molecule has 3 atom stereocenters. The third kappa shape index (κ3) is 3.29. The molecule has 1 saturated carbocycles. The van der Waals surface area contributed by atoms with E-state index in [9.17, 15) is 0 Å². The van der Waals surface area contributed by atoms with Crippen LogP contribution in [0.5, 0.6) is 0 Å². The van der Waals surface area contributed by atoms with Crippen LogP contribution in [0.1, 0.15) is 39.0 Å². The Labute approximate surface area is 115 Å². The number of aryl methyl sites for hydroxylation is 1. The fourth-order valence-electron chi connectivity index (χ4n) is 2.96. The fourth-order valence-corrected chi connectivity index (χ4v) is 4.39. The first-order valence-electron chi connectivity index (χ1n) is 7.08. The van der Waals surface area contributed by atoms with Gasteiger partial charge in [0.15, 0.2) is 5.16 Å². The van der Waals surface area contributed by atoms with Crippen molar-refractivity contribution < 1.29 is 0 Å². The third-order valence-electron chi connectivity index (χ3n) is 4.07. The van der Waals surface area contributed by atoms with E-state index in [2.05, 4.69) is 23.5 Å². The van der Waals surface area contributed by atoms with E-state index in [1.807, 2.05) is 24.2 Å². The summed E-state index contributed by atoms with van der Waals surface area (Å²) in [6.45, 7) is 3.11. The molecule has 0 radical (unpaired) electrons. The molecule has 0 amide bonds. The second-order valence-corrected chi connectivity index (χ2v) is 6.65. The summed E-state index contributed by atoms with van der Waals surface area (Å²) in [5.41, 5.74) is 5.94. The Morgan fingerprint density at radius 3 is 2.94 bits per heavy atom. The molecule has 0 saturated heterocycles. The lowest BCUT2D eigenvalue weighted by Gasteiger charge is -2.35. The third-order valence-corrected chi connectivity index (χ3v) is 5.55. The van der Waals surface area contributed by atoms with Crippen LogP contribution in [0.2, 0.25) is 0 Å². The SMILES string of the molecule is CCCC1CCC(CN)C(Sc2nccn2C)C1. The minimum Gasteiger partial charge on any atom is -0.330 e. The Hall–Kier alpha value is -0.480. The van der Waals surface area contributed by atoms with E-state index in [0.29, 0.717) is 11.2 Å². The molecule has 1 aromatic heterocycles. The topological polar surface area (TPSA) is 43.8 Å². The highest BCUT2D eigenvalue weighted by Gasteiger charge is 2.30. The Morgan fingerprint density at radius 2 is 2.33 bits per heavy atom. The van der Waals surface area contributed by atoms with Crippen molar-refractivity contribution >= 4 is 11.8 Å². The molecular formula is C14H25N3S. The largest absolute Gasteiger partial charge is 0.330 e. The summed E-state index contributed by atoms with van der Waals surface area (Å²) < 4.78 is 2.11. The van der Waals surface area contributed by atoms with Crippen molar-refractivity contribution in [3.63, 3.8) is 0 Å². The summed E-state index contributed by atoms with van der Waals surface area (Å²) >= 11 is 1.93. The molecule has 18 heavy (non-hydrogen) atoms. The average molecular weight is 267 g/mol. The van der Waals surface area contributed by atoms with Gasteiger partial charge in [-0.15, -0.1) is 0 Å². The Bertz CT molecular complexity index is 364. The van der Waals surface area contributed by atoms with E-state index in [-0.39, 0.29) is 0 Å². The summed E-state index contributed by atoms with van der Waals surface area (Å²) in [5.74, 6) is 1.57. The second kappa shape index (κ2) is 6.62. The van der Waals surface area contributed by atoms with Gasteiger partial charge in [-0.05, 0) is 31.2 Å². The molecule has 3 nitrogen and oxygen atoms in total. The summed E-state index contributed by atoms with van der Waals surface area (Å²) in [6, 6.07) is 0. The molecule has 0 aliphatic heterocycles. The van der Waals surface area contributed by atoms with Crippen molar-refractivity contribution in [1.29, 1.82) is 0 Å². The maximum absolute atomic E-state index is 5.94. The smallest absolute Gasteiger partial charge is 0.167 e. The number of aromatic nitrogens is 2. The molecule has 1 heterocycles. The number of nitrogens with two attached hydrogens (primary N) is 1. The van der Waals surface area contributed by atoms with Crippen molar-refractivity contribution in [2.75, 3.05) is 6.54 Å². The lowest BCUT2D eigenvalue weighted by molar-refractivity contribution is 0.275. The summed E-state index contributed by atoms with van der Waals surface area (Å²) in [6.07, 6.45) is 10.6. The zero-order valence-electron chi connectivity index (χ0n) is 11.5. The quantitative estimate of drug-likeness (QED) is 0.891. The molecule has 0 aromatic carbocycles. The van der Waals surface area contributed by atoms with E-state index >= 15 is 0 Å². The summed E-state index contributed by atoms with van der Waals surface area (Å²) in [4.78, 5) is 4.43. The van der Waals surface area contributed by atoms with E-state index in [1.165, 1.54) is 32.1 Å². The van der Waals surface area contributed by atoms with Crippen molar-refractivity contribution in [2.45, 2.75) is 49.4 Å². The van der Waals surface area contributed by atoms with E-state index in [0.717, 1.165) is 17.6 Å². The van der Waals surface area contributed by atoms with Gasteiger partial charge in [0, 0.05) is 24.7 Å². The first kappa shape index (κ1) is 13.9. The van der Waals surface area contributed by atoms with Gasteiger partial charge in [0.1, 0.15) is 0 Å². The Morgan fingerprint density at radius 1 is 1.50 bits per heavy atom. The maximum atomic E-state index is 5.94. The number of rotatable bonds is 5. The van der Waals surface area contributed by atoms with Crippen LogP contribution >= 0.6 is 11.8 Å². The first-order chi connectivity index (χ1) is 8.74. The van der Waals surface area contributed by atoms with Crippen molar-refractivity contribution in [1.82, 2.24) is 9.55 Å². The average Bonchev–Trinajstić information content (AvgIpc) is 2.76. The molecule has 102 valence electrons. The summed E-state index contributed by atoms with van der Waals surface area (Å²) in [5, 5.41) is 1.79. The van der Waals surface area contributed by atoms with Crippen LogP contribution < -0.4 is 5.73 Å². The van der Waals surface area contributed by atoms with E-state index in [4.69, 9.17) is 5.73 Å². The van der Waals surface area contributed by atoms with Crippen LogP contribution in [0.15, 0.2) is 17.6 Å². The van der Waals surface area contributed by atoms with E-state index in [1.54, 1.807) is 0 Å². The van der Waals surface area contributed by atoms with Gasteiger partial charge in [-0.2, -0.15) is 0 Å². The zero-order chi connectivity index (χ0) is 13.0. The zero-order valence-corrected chi connectivity index (χ0v) is 12.3. The first-order valence-corrected chi connectivity index (χ1v) is 7.96. The fraction of sp³-hybridized carbons (Fsp3) is 0.786. The van der Waals surface area contributed by atoms with Gasteiger partial charge in [-0.3, -0.25) is 0 Å². The van der Waals surface area contributed by atoms with Crippen LogP contribution in [-0.4, -0.2) is 21.3 Å². The highest BCUT2D eigenvalue weighted by Crippen LogP contribution is 2.40. The van der Waals surface area contributed by atoms with Crippen molar-refractivity contribution in [2.24, 2.45) is 24.6 Å². The van der Waals surface area contributed by atoms with Crippen LogP contribution in [0.3, 0.4) is 0 Å². The molecule has 3 unspecified atom stereocenters. The number of hydrogen-bond donors (Lipinski definition) is 1. The number of hydrogen-bond acceptors (Lipinski definition) is 3. The summed E-state index contributed by atoms with van der Waals surface area (Å²) in [7, 11) is 2.07. The van der Waals surface area contributed by atoms with Crippen molar-refractivity contribution in [3.8, 4) is 0 Å². The number of nitrogens with zero attached hydrogens (tertiary/aromatic N) is 2. The monoisotopic (exact) mass is 267 g/mol. The minimum atomic E-state index is 0.654. The molecule has 1 aliphatic carbocycles. The Kier molecular flexibility index (Phi) is 5.13. The predicted molar refractivity (Wildman–Crippen MR) is 77.6 cm³/mol. The van der Waals surface area contributed by atoms with Gasteiger partial charge < -0.3 is 10.3 Å². The van der Waals surface area contributed by atoms with Gasteiger partial charge in [-0.1, -0.05) is 37.9 Å². The second-order valence-electron chi connectivity index (χ2n) is 5.44. The highest BCUT2D eigenvalue weighted by atomic mass is 32.2. The molecule has 4 heteroatoms. The lowest BCUT2D eigenvalue weighted by atomic mass is 9.80. The molecule has 2 rings (SSSR count). The molecule has 2 N–H and O–H groups in total. The standard InChI is InChI=1S/C14H25N3S/c1-3-4-11-5-6-12(10-15)13(9-11)18-14-16-7-8-17(14)2/h7-8,11-13H,3-6,9-10,15H2,1-2H3. The molecule has 0 spiro atoms. The van der Waals surface area contributed by atoms with Crippen LogP contribution in [0, 0.1) is 11.8 Å². The normalized spacial score (nSPS) is 28.5. The van der Waals surface area contributed by atoms with Crippen molar-refractivity contribution in [3.05, 3.63) is 12.4 Å². The van der Waals surface area contributed by atoms with Crippen LogP contribution in [-0.2, 0) is 7.05 Å². The van der Waals surface area contributed by atoms with Gasteiger partial charge in [0.2, 0.25) is 0 Å². The molecule has 1 aromatic rings. The van der Waals surface area contributed by atoms with Gasteiger partial charge >= 0.3 is 0 Å². The number of imidazole rings is 1. The number of thioether (sulfide) groups is 1. The lowest BCUT2D eigenvalue weighted by Crippen LogP contribution is -2.32. The Balaban J connectivity index is 2.00. The van der Waals surface area contributed by atoms with Crippen LogP contribution in [0.4, 0.5) is 0 Å². The molecule has 1 fully saturated rings. The molecular weight excluding hydrogens is 242 g/mol. The van der Waals surface area contributed by atoms with Gasteiger partial charge in [0.05, 0.1) is 0 Å². The molecule has 0 bridgehead atoms. The molecule has 1 aliphatic rings. The van der Waals surface area contributed by atoms with Crippen LogP contribution in [0.25, 0.3) is 0 Å². The predicted octanol–water partition coefficient (Wildman–Crippen LogP) is 3.06. The van der Waals surface area contributed by atoms with Gasteiger partial charge in [0.25, 0.3) is 0 Å².